The summed E-state index contributed by atoms with van der Waals surface area (Å²) in [4.78, 5) is 4.03. The van der Waals surface area contributed by atoms with E-state index in [0.29, 0.717) is 0 Å². The van der Waals surface area contributed by atoms with Gasteiger partial charge in [-0.05, 0) is 0 Å². The summed E-state index contributed by atoms with van der Waals surface area (Å²) in [5, 5.41) is 0. The molecule has 1 aliphatic rings. The van der Waals surface area contributed by atoms with E-state index >= 15 is 0 Å². The molecule has 0 unspecified atom stereocenters. The zero-order valence-electron chi connectivity index (χ0n) is 4.68. The van der Waals surface area contributed by atoms with Crippen LogP contribution in [0.2, 0.25) is 0 Å². The van der Waals surface area contributed by atoms with Crippen LogP contribution in [0.25, 0.3) is 0 Å². The zero-order valence-corrected chi connectivity index (χ0v) is 4.68. The number of hydrogen-bond acceptors (Lipinski definition) is 1. The second-order valence-corrected chi connectivity index (χ2v) is 1.74. The Morgan fingerprint density at radius 2 is 2.57 bits per heavy atom. The van der Waals surface area contributed by atoms with Crippen LogP contribution in [0.15, 0.2) is 4.99 Å². The lowest BCUT2D eigenvalue weighted by atomic mass is 10.7. The van der Waals surface area contributed by atoms with Crippen molar-refractivity contribution in [2.45, 2.75) is 6.92 Å². The van der Waals surface area contributed by atoms with Crippen LogP contribution >= 0.6 is 0 Å². The first kappa shape index (κ1) is 4.50. The smallest absolute Gasteiger partial charge is 0.258 e. The first-order valence-corrected chi connectivity index (χ1v) is 2.38. The summed E-state index contributed by atoms with van der Waals surface area (Å²) in [6, 6.07) is 0. The second-order valence-electron chi connectivity index (χ2n) is 1.74. The van der Waals surface area contributed by atoms with E-state index in [1.807, 2.05) is 20.2 Å². The van der Waals surface area contributed by atoms with E-state index in [2.05, 4.69) is 9.57 Å². The molecule has 0 aromatic carbocycles. The van der Waals surface area contributed by atoms with Crippen LogP contribution in [-0.2, 0) is 0 Å². The van der Waals surface area contributed by atoms with Gasteiger partial charge in [0.1, 0.15) is 6.54 Å². The summed E-state index contributed by atoms with van der Waals surface area (Å²) in [5.74, 6) is 1.11. The Balaban J connectivity index is 2.79. The molecule has 0 aromatic rings. The quantitative estimate of drug-likeness (QED) is 0.382. The Kier molecular flexibility index (Phi) is 0.929. The van der Waals surface area contributed by atoms with Gasteiger partial charge in [-0.25, -0.2) is 0 Å². The Morgan fingerprint density at radius 1 is 1.86 bits per heavy atom. The highest BCUT2D eigenvalue weighted by Gasteiger charge is 2.06. The Labute approximate surface area is 43.2 Å². The molecule has 0 radical (unpaired) electrons. The average molecular weight is 97.1 g/mol. The molecule has 0 saturated carbocycles. The second kappa shape index (κ2) is 1.45. The average Bonchev–Trinajstić information content (AvgIpc) is 1.91. The van der Waals surface area contributed by atoms with Crippen LogP contribution in [0.3, 0.4) is 0 Å². The highest BCUT2D eigenvalue weighted by molar-refractivity contribution is 5.87. The van der Waals surface area contributed by atoms with E-state index in [-0.39, 0.29) is 0 Å². The molecule has 1 heterocycles. The van der Waals surface area contributed by atoms with Crippen molar-refractivity contribution in [3.8, 4) is 0 Å². The van der Waals surface area contributed by atoms with Gasteiger partial charge in [0.2, 0.25) is 0 Å². The van der Waals surface area contributed by atoms with Crippen molar-refractivity contribution in [3.63, 3.8) is 0 Å². The first-order chi connectivity index (χ1) is 3.30. The number of amidine groups is 1. The number of rotatable bonds is 0. The number of hydrogen-bond donors (Lipinski definition) is 0. The minimum absolute atomic E-state index is 0.978. The molecule has 0 spiro atoms. The maximum absolute atomic E-state index is 4.03. The fourth-order valence-corrected chi connectivity index (χ4v) is 0.526. The molecule has 0 atom stereocenters. The van der Waals surface area contributed by atoms with E-state index in [4.69, 9.17) is 0 Å². The summed E-state index contributed by atoms with van der Waals surface area (Å²) in [6.07, 6.45) is 1.91. The molecule has 1 aliphatic heterocycles. The molecule has 0 bridgehead atoms. The molecule has 0 aromatic heterocycles. The van der Waals surface area contributed by atoms with Gasteiger partial charge >= 0.3 is 0 Å². The van der Waals surface area contributed by atoms with Crippen LogP contribution in [-0.4, -0.2) is 30.2 Å². The summed E-state index contributed by atoms with van der Waals surface area (Å²) in [7, 11) is 2.03. The van der Waals surface area contributed by atoms with Crippen molar-refractivity contribution >= 4 is 12.1 Å². The highest BCUT2D eigenvalue weighted by Crippen LogP contribution is 1.83. The Morgan fingerprint density at radius 3 is 2.71 bits per heavy atom. The van der Waals surface area contributed by atoms with E-state index in [9.17, 15) is 0 Å². The third-order valence-electron chi connectivity index (χ3n) is 1.19. The molecule has 2 nitrogen and oxygen atoms in total. The predicted molar refractivity (Wildman–Crippen MR) is 30.2 cm³/mol. The van der Waals surface area contributed by atoms with Gasteiger partial charge in [0.15, 0.2) is 6.21 Å². The highest BCUT2D eigenvalue weighted by atomic mass is 15.1. The minimum Gasteiger partial charge on any atom is -0.258 e. The lowest BCUT2D eigenvalue weighted by Gasteiger charge is -1.83. The van der Waals surface area contributed by atoms with E-state index in [0.717, 1.165) is 12.4 Å². The van der Waals surface area contributed by atoms with Crippen LogP contribution in [0.1, 0.15) is 6.92 Å². The van der Waals surface area contributed by atoms with Crippen molar-refractivity contribution < 1.29 is 4.58 Å². The van der Waals surface area contributed by atoms with Crippen LogP contribution in [0.4, 0.5) is 0 Å². The van der Waals surface area contributed by atoms with Gasteiger partial charge in [0.25, 0.3) is 5.84 Å². The maximum atomic E-state index is 4.03. The molecule has 0 N–H and O–H groups in total. The normalized spacial score (nSPS) is 19.1. The summed E-state index contributed by atoms with van der Waals surface area (Å²) >= 11 is 0. The van der Waals surface area contributed by atoms with Gasteiger partial charge in [-0.2, -0.15) is 0 Å². The monoisotopic (exact) mass is 97.1 g/mol. The fourth-order valence-electron chi connectivity index (χ4n) is 0.526. The van der Waals surface area contributed by atoms with Crippen molar-refractivity contribution in [1.29, 1.82) is 0 Å². The topological polar surface area (TPSA) is 15.4 Å². The molecule has 0 saturated heterocycles. The predicted octanol–water partition coefficient (Wildman–Crippen LogP) is 0.131. The number of aliphatic imine (C=N–C) groups is 1. The lowest BCUT2D eigenvalue weighted by Crippen LogP contribution is -2.06. The van der Waals surface area contributed by atoms with Gasteiger partial charge < -0.3 is 0 Å². The van der Waals surface area contributed by atoms with Gasteiger partial charge in [-0.15, -0.1) is 0 Å². The van der Waals surface area contributed by atoms with Crippen LogP contribution in [0.5, 0.6) is 0 Å². The molecule has 0 amide bonds. The third kappa shape index (κ3) is 0.683. The molecule has 0 fully saturated rings. The van der Waals surface area contributed by atoms with Gasteiger partial charge in [-0.3, -0.25) is 4.58 Å². The van der Waals surface area contributed by atoms with E-state index in [1.54, 1.807) is 0 Å². The van der Waals surface area contributed by atoms with Gasteiger partial charge in [0, 0.05) is 6.92 Å². The summed E-state index contributed by atoms with van der Waals surface area (Å²) < 4.78 is 2.10. The Bertz CT molecular complexity index is 133. The first-order valence-electron chi connectivity index (χ1n) is 2.38. The number of nitrogens with zero attached hydrogens (tertiary/aromatic N) is 2. The van der Waals surface area contributed by atoms with Crippen LogP contribution in [0, 0.1) is 0 Å². The third-order valence-corrected chi connectivity index (χ3v) is 1.19. The lowest BCUT2D eigenvalue weighted by molar-refractivity contribution is -0.477. The van der Waals surface area contributed by atoms with Gasteiger partial charge in [0.05, 0.1) is 7.05 Å². The summed E-state index contributed by atoms with van der Waals surface area (Å²) in [6.45, 7) is 2.98. The molecule has 38 valence electrons. The van der Waals surface area contributed by atoms with Crippen LogP contribution < -0.4 is 0 Å². The van der Waals surface area contributed by atoms with Crippen molar-refractivity contribution in [2.75, 3.05) is 13.6 Å². The maximum Gasteiger partial charge on any atom is 0.290 e. The van der Waals surface area contributed by atoms with E-state index in [1.165, 1.54) is 0 Å². The largest absolute Gasteiger partial charge is 0.290 e. The molecule has 7 heavy (non-hydrogen) atoms. The standard InChI is InChI=1S/C5H9N2/c1-5-6-3-4-7(5)2/h3H,4H2,1-2H3/q+1. The molecular formula is C5H9N2+. The zero-order chi connectivity index (χ0) is 5.28. The molecule has 0 aliphatic carbocycles. The fraction of sp³-hybridized carbons (Fsp3) is 0.600. The van der Waals surface area contributed by atoms with Crippen molar-refractivity contribution in [3.05, 3.63) is 0 Å². The van der Waals surface area contributed by atoms with Crippen molar-refractivity contribution in [2.24, 2.45) is 4.99 Å². The molecular weight excluding hydrogens is 88.1 g/mol. The SMILES string of the molecule is CC1=[N+](C)CC=N1. The minimum atomic E-state index is 0.978. The molecule has 1 rings (SSSR count). The molecule has 2 heteroatoms. The van der Waals surface area contributed by atoms with Gasteiger partial charge in [-0.1, -0.05) is 4.99 Å². The summed E-state index contributed by atoms with van der Waals surface area (Å²) in [5.41, 5.74) is 0. The van der Waals surface area contributed by atoms with E-state index < -0.39 is 0 Å². The van der Waals surface area contributed by atoms with Crippen molar-refractivity contribution in [1.82, 2.24) is 0 Å². The Hall–Kier alpha value is -0.660.